The first-order valence-corrected chi connectivity index (χ1v) is 7.96. The summed E-state index contributed by atoms with van der Waals surface area (Å²) in [5.41, 5.74) is 7.02. The third-order valence-electron chi connectivity index (χ3n) is 5.95. The summed E-state index contributed by atoms with van der Waals surface area (Å²) in [5.74, 6) is 0.705. The summed E-state index contributed by atoms with van der Waals surface area (Å²) >= 11 is 0. The Morgan fingerprint density at radius 3 is 2.37 bits per heavy atom. The van der Waals surface area contributed by atoms with E-state index in [-0.39, 0.29) is 5.54 Å². The lowest BCUT2D eigenvalue weighted by Crippen LogP contribution is -2.66. The molecule has 3 nitrogen and oxygen atoms in total. The number of hydrogen-bond donors (Lipinski definition) is 1. The van der Waals surface area contributed by atoms with Crippen molar-refractivity contribution in [3.63, 3.8) is 0 Å². The van der Waals surface area contributed by atoms with E-state index in [4.69, 9.17) is 5.73 Å². The predicted molar refractivity (Wildman–Crippen MR) is 82.2 cm³/mol. The Bertz CT molecular complexity index is 315. The average molecular weight is 267 g/mol. The van der Waals surface area contributed by atoms with Crippen LogP contribution in [0, 0.1) is 11.3 Å². The molecule has 3 atom stereocenters. The fraction of sp³-hybridized carbons (Fsp3) is 1.00. The molecule has 2 fully saturated rings. The van der Waals surface area contributed by atoms with Crippen LogP contribution in [-0.4, -0.2) is 54.6 Å². The predicted octanol–water partition coefficient (Wildman–Crippen LogP) is 2.17. The van der Waals surface area contributed by atoms with Gasteiger partial charge in [0, 0.05) is 37.8 Å². The number of nitrogens with zero attached hydrogens (tertiary/aromatic N) is 2. The van der Waals surface area contributed by atoms with Crippen LogP contribution in [0.3, 0.4) is 0 Å². The highest BCUT2D eigenvalue weighted by molar-refractivity contribution is 5.03. The van der Waals surface area contributed by atoms with Gasteiger partial charge in [0.15, 0.2) is 0 Å². The van der Waals surface area contributed by atoms with E-state index >= 15 is 0 Å². The molecule has 2 rings (SSSR count). The average Bonchev–Trinajstić information content (AvgIpc) is 2.33. The van der Waals surface area contributed by atoms with Crippen LogP contribution in [0.15, 0.2) is 0 Å². The monoisotopic (exact) mass is 267 g/mol. The lowest BCUT2D eigenvalue weighted by Gasteiger charge is -2.56. The summed E-state index contributed by atoms with van der Waals surface area (Å²) in [6, 6.07) is 0.652. The number of hydrogen-bond acceptors (Lipinski definition) is 3. The maximum atomic E-state index is 6.27. The molecule has 1 aliphatic heterocycles. The van der Waals surface area contributed by atoms with Crippen molar-refractivity contribution >= 4 is 0 Å². The summed E-state index contributed by atoms with van der Waals surface area (Å²) in [5, 5.41) is 0. The maximum absolute atomic E-state index is 6.27. The molecule has 0 bridgehead atoms. The van der Waals surface area contributed by atoms with Crippen LogP contribution in [0.4, 0.5) is 0 Å². The minimum Gasteiger partial charge on any atom is -0.329 e. The Hall–Kier alpha value is -0.120. The molecule has 0 radical (unpaired) electrons. The number of piperazine rings is 1. The molecule has 1 saturated carbocycles. The van der Waals surface area contributed by atoms with Crippen molar-refractivity contribution in [3.8, 4) is 0 Å². The van der Waals surface area contributed by atoms with E-state index in [1.54, 1.807) is 0 Å². The Morgan fingerprint density at radius 2 is 1.84 bits per heavy atom. The van der Waals surface area contributed by atoms with Gasteiger partial charge in [-0.25, -0.2) is 0 Å². The number of likely N-dealkylation sites (N-methyl/N-ethyl adjacent to an activating group) is 1. The molecule has 0 aromatic rings. The van der Waals surface area contributed by atoms with Gasteiger partial charge in [-0.3, -0.25) is 4.90 Å². The zero-order valence-electron chi connectivity index (χ0n) is 13.6. The van der Waals surface area contributed by atoms with E-state index in [2.05, 4.69) is 44.5 Å². The van der Waals surface area contributed by atoms with E-state index in [9.17, 15) is 0 Å². The molecular formula is C16H33N3. The van der Waals surface area contributed by atoms with Gasteiger partial charge < -0.3 is 10.6 Å². The SMILES string of the molecule is CC1CN(C2(CN)CCC(C)(C)CC2C)CCN1C. The second-order valence-corrected chi connectivity index (χ2v) is 7.85. The van der Waals surface area contributed by atoms with E-state index < -0.39 is 0 Å². The minimum absolute atomic E-state index is 0.255. The largest absolute Gasteiger partial charge is 0.329 e. The number of nitrogens with two attached hydrogens (primary N) is 1. The molecule has 0 amide bonds. The van der Waals surface area contributed by atoms with Gasteiger partial charge in [-0.1, -0.05) is 20.8 Å². The van der Waals surface area contributed by atoms with Gasteiger partial charge in [0.05, 0.1) is 0 Å². The van der Waals surface area contributed by atoms with E-state index in [0.717, 1.165) is 6.54 Å². The zero-order valence-corrected chi connectivity index (χ0v) is 13.6. The molecule has 2 N–H and O–H groups in total. The standard InChI is InChI=1S/C16H33N3/c1-13-10-15(3,4)6-7-16(13,12-17)19-9-8-18(5)14(2)11-19/h13-14H,6-12,17H2,1-5H3. The summed E-state index contributed by atoms with van der Waals surface area (Å²) in [7, 11) is 2.24. The van der Waals surface area contributed by atoms with Crippen molar-refractivity contribution in [2.75, 3.05) is 33.2 Å². The quantitative estimate of drug-likeness (QED) is 0.832. The van der Waals surface area contributed by atoms with Crippen LogP contribution in [0.1, 0.15) is 47.0 Å². The summed E-state index contributed by atoms with van der Waals surface area (Å²) < 4.78 is 0. The van der Waals surface area contributed by atoms with Crippen molar-refractivity contribution in [2.24, 2.45) is 17.1 Å². The third-order valence-corrected chi connectivity index (χ3v) is 5.95. The Kier molecular flexibility index (Phi) is 4.29. The summed E-state index contributed by atoms with van der Waals surface area (Å²) in [6.07, 6.45) is 3.90. The highest BCUT2D eigenvalue weighted by Crippen LogP contribution is 2.46. The molecule has 0 aromatic heterocycles. The van der Waals surface area contributed by atoms with Gasteiger partial charge in [0.2, 0.25) is 0 Å². The third kappa shape index (κ3) is 2.84. The van der Waals surface area contributed by atoms with Crippen molar-refractivity contribution < 1.29 is 0 Å². The molecular weight excluding hydrogens is 234 g/mol. The normalized spacial score (nSPS) is 41.4. The molecule has 112 valence electrons. The fourth-order valence-electron chi connectivity index (χ4n) is 4.28. The summed E-state index contributed by atoms with van der Waals surface area (Å²) in [6.45, 7) is 14.0. The topological polar surface area (TPSA) is 32.5 Å². The van der Waals surface area contributed by atoms with E-state index in [1.165, 1.54) is 38.9 Å². The Morgan fingerprint density at radius 1 is 1.16 bits per heavy atom. The van der Waals surface area contributed by atoms with Crippen molar-refractivity contribution in [1.82, 2.24) is 9.80 Å². The van der Waals surface area contributed by atoms with Crippen LogP contribution in [0.5, 0.6) is 0 Å². The highest BCUT2D eigenvalue weighted by atomic mass is 15.3. The first-order valence-electron chi connectivity index (χ1n) is 7.96. The minimum atomic E-state index is 0.255. The zero-order chi connectivity index (χ0) is 14.3. The second kappa shape index (κ2) is 5.34. The molecule has 3 heteroatoms. The first-order chi connectivity index (χ1) is 8.81. The fourth-order valence-corrected chi connectivity index (χ4v) is 4.28. The Balaban J connectivity index is 2.14. The van der Waals surface area contributed by atoms with E-state index in [0.29, 0.717) is 17.4 Å². The van der Waals surface area contributed by atoms with Gasteiger partial charge in [0.1, 0.15) is 0 Å². The van der Waals surface area contributed by atoms with Crippen LogP contribution in [0.2, 0.25) is 0 Å². The Labute approximate surface area is 119 Å². The van der Waals surface area contributed by atoms with Gasteiger partial charge in [-0.15, -0.1) is 0 Å². The van der Waals surface area contributed by atoms with E-state index in [1.807, 2.05) is 0 Å². The van der Waals surface area contributed by atoms with Crippen LogP contribution >= 0.6 is 0 Å². The van der Waals surface area contributed by atoms with Crippen molar-refractivity contribution in [2.45, 2.75) is 58.5 Å². The maximum Gasteiger partial charge on any atom is 0.0358 e. The lowest BCUT2D eigenvalue weighted by atomic mass is 9.63. The van der Waals surface area contributed by atoms with Crippen LogP contribution in [-0.2, 0) is 0 Å². The molecule has 1 heterocycles. The van der Waals surface area contributed by atoms with Crippen LogP contribution < -0.4 is 5.73 Å². The summed E-state index contributed by atoms with van der Waals surface area (Å²) in [4.78, 5) is 5.19. The van der Waals surface area contributed by atoms with Crippen molar-refractivity contribution in [3.05, 3.63) is 0 Å². The molecule has 0 aromatic carbocycles. The molecule has 2 aliphatic rings. The molecule has 3 unspecified atom stereocenters. The van der Waals surface area contributed by atoms with Crippen molar-refractivity contribution in [1.29, 1.82) is 0 Å². The van der Waals surface area contributed by atoms with Gasteiger partial charge in [-0.05, 0) is 44.6 Å². The first kappa shape index (κ1) is 15.3. The molecule has 1 aliphatic carbocycles. The molecule has 0 spiro atoms. The van der Waals surface area contributed by atoms with Gasteiger partial charge in [0.25, 0.3) is 0 Å². The molecule has 1 saturated heterocycles. The lowest BCUT2D eigenvalue weighted by molar-refractivity contribution is -0.0542. The molecule has 19 heavy (non-hydrogen) atoms. The number of rotatable bonds is 2. The smallest absolute Gasteiger partial charge is 0.0358 e. The van der Waals surface area contributed by atoms with Crippen LogP contribution in [0.25, 0.3) is 0 Å². The highest BCUT2D eigenvalue weighted by Gasteiger charge is 2.47. The second-order valence-electron chi connectivity index (χ2n) is 7.85. The van der Waals surface area contributed by atoms with Gasteiger partial charge in [-0.2, -0.15) is 0 Å². The van der Waals surface area contributed by atoms with Gasteiger partial charge >= 0.3 is 0 Å².